The van der Waals surface area contributed by atoms with Crippen molar-refractivity contribution in [2.24, 2.45) is 0 Å². The Morgan fingerprint density at radius 2 is 2.00 bits per heavy atom. The topological polar surface area (TPSA) is 38.9 Å². The van der Waals surface area contributed by atoms with Gasteiger partial charge in [-0.1, -0.05) is 12.1 Å². The Balaban J connectivity index is 1.42. The van der Waals surface area contributed by atoms with Crippen LogP contribution in [0.2, 0.25) is 0 Å². The summed E-state index contributed by atoms with van der Waals surface area (Å²) >= 11 is 0. The molecule has 0 aliphatic carbocycles. The molecular weight excluding hydrogens is 286 g/mol. The van der Waals surface area contributed by atoms with Gasteiger partial charge in [0, 0.05) is 43.1 Å². The normalized spacial score (nSPS) is 18.5. The third-order valence-electron chi connectivity index (χ3n) is 4.58. The second-order valence-electron chi connectivity index (χ2n) is 6.13. The van der Waals surface area contributed by atoms with E-state index in [1.54, 1.807) is 6.20 Å². The van der Waals surface area contributed by atoms with E-state index in [-0.39, 0.29) is 0 Å². The van der Waals surface area contributed by atoms with Gasteiger partial charge < -0.3 is 4.57 Å². The van der Waals surface area contributed by atoms with E-state index in [0.717, 1.165) is 18.8 Å². The summed E-state index contributed by atoms with van der Waals surface area (Å²) in [6, 6.07) is 11.3. The van der Waals surface area contributed by atoms with Crippen LogP contribution in [-0.4, -0.2) is 36.8 Å². The monoisotopic (exact) mass is 307 g/mol. The number of rotatable bonds is 5. The fraction of sp³-hybridized carbons (Fsp3) is 0.333. The zero-order chi connectivity index (χ0) is 15.5. The Morgan fingerprint density at radius 3 is 2.74 bits per heavy atom. The van der Waals surface area contributed by atoms with Crippen LogP contribution in [0.4, 0.5) is 0 Å². The van der Waals surface area contributed by atoms with Crippen LogP contribution in [0.3, 0.4) is 0 Å². The zero-order valence-electron chi connectivity index (χ0n) is 13.1. The highest BCUT2D eigenvalue weighted by Crippen LogP contribution is 2.22. The van der Waals surface area contributed by atoms with Crippen molar-refractivity contribution in [3.63, 3.8) is 0 Å². The lowest BCUT2D eigenvalue weighted by Crippen LogP contribution is -2.32. The van der Waals surface area contributed by atoms with Crippen LogP contribution < -0.4 is 0 Å². The number of imidazole rings is 1. The van der Waals surface area contributed by atoms with E-state index in [1.807, 2.05) is 34.0 Å². The summed E-state index contributed by atoms with van der Waals surface area (Å²) in [7, 11) is 0. The van der Waals surface area contributed by atoms with Crippen molar-refractivity contribution in [1.82, 2.24) is 24.2 Å². The number of hydrogen-bond acceptors (Lipinski definition) is 3. The minimum absolute atomic E-state index is 0.586. The highest BCUT2D eigenvalue weighted by atomic mass is 15.3. The van der Waals surface area contributed by atoms with Crippen molar-refractivity contribution in [3.8, 4) is 5.69 Å². The second kappa shape index (κ2) is 6.38. The van der Waals surface area contributed by atoms with Crippen molar-refractivity contribution in [1.29, 1.82) is 0 Å². The summed E-state index contributed by atoms with van der Waals surface area (Å²) in [6.45, 7) is 3.17. The number of aromatic nitrogens is 4. The summed E-state index contributed by atoms with van der Waals surface area (Å²) in [6.07, 6.45) is 12.0. The van der Waals surface area contributed by atoms with Crippen LogP contribution in [0.25, 0.3) is 5.69 Å². The maximum atomic E-state index is 4.34. The average molecular weight is 307 g/mol. The van der Waals surface area contributed by atoms with Crippen LogP contribution in [0.15, 0.2) is 61.4 Å². The fourth-order valence-corrected chi connectivity index (χ4v) is 3.35. The van der Waals surface area contributed by atoms with E-state index in [1.165, 1.54) is 24.9 Å². The number of benzene rings is 1. The highest BCUT2D eigenvalue weighted by molar-refractivity contribution is 5.34. The van der Waals surface area contributed by atoms with E-state index >= 15 is 0 Å². The van der Waals surface area contributed by atoms with Gasteiger partial charge in [0.1, 0.15) is 0 Å². The Kier molecular flexibility index (Phi) is 3.94. The van der Waals surface area contributed by atoms with Crippen LogP contribution in [-0.2, 0) is 13.1 Å². The molecule has 3 heterocycles. The molecule has 1 aromatic carbocycles. The maximum Gasteiger partial charge on any atom is 0.0991 e. The minimum Gasteiger partial charge on any atom is -0.306 e. The smallest absolute Gasteiger partial charge is 0.0991 e. The molecular formula is C18H21N5. The van der Waals surface area contributed by atoms with Gasteiger partial charge in [0.2, 0.25) is 0 Å². The van der Waals surface area contributed by atoms with Gasteiger partial charge in [0.25, 0.3) is 0 Å². The molecule has 1 aliphatic heterocycles. The molecule has 3 aromatic rings. The largest absolute Gasteiger partial charge is 0.306 e. The Morgan fingerprint density at radius 1 is 1.09 bits per heavy atom. The molecule has 118 valence electrons. The van der Waals surface area contributed by atoms with Crippen molar-refractivity contribution in [2.45, 2.75) is 32.0 Å². The van der Waals surface area contributed by atoms with E-state index in [0.29, 0.717) is 6.04 Å². The summed E-state index contributed by atoms with van der Waals surface area (Å²) in [5.74, 6) is 0. The van der Waals surface area contributed by atoms with Gasteiger partial charge in [-0.2, -0.15) is 5.10 Å². The molecule has 1 atom stereocenters. The third-order valence-corrected chi connectivity index (χ3v) is 4.58. The average Bonchev–Trinajstić information content (AvgIpc) is 3.32. The lowest BCUT2D eigenvalue weighted by Gasteiger charge is -2.24. The summed E-state index contributed by atoms with van der Waals surface area (Å²) in [5, 5.41) is 4.34. The van der Waals surface area contributed by atoms with Gasteiger partial charge in [-0.25, -0.2) is 4.98 Å². The number of nitrogens with zero attached hydrogens (tertiary/aromatic N) is 5. The highest BCUT2D eigenvalue weighted by Gasteiger charge is 2.24. The molecule has 2 aromatic heterocycles. The Labute approximate surface area is 136 Å². The van der Waals surface area contributed by atoms with Gasteiger partial charge in [-0.3, -0.25) is 9.58 Å². The minimum atomic E-state index is 0.586. The van der Waals surface area contributed by atoms with E-state index in [4.69, 9.17) is 0 Å². The molecule has 1 saturated heterocycles. The predicted octanol–water partition coefficient (Wildman–Crippen LogP) is 2.73. The standard InChI is InChI=1S/C18H21N5/c1-3-18(14-23-11-2-8-20-23)21(10-1)13-16-4-6-17(7-5-16)22-12-9-19-15-22/h2,4-9,11-12,15,18H,1,3,10,13-14H2/t18-/m1/s1. The predicted molar refractivity (Wildman–Crippen MR) is 89.2 cm³/mol. The molecule has 0 unspecified atom stereocenters. The SMILES string of the molecule is c1cnn(C[C@H]2CCCN2Cc2ccc(-n3ccnc3)cc2)c1. The van der Waals surface area contributed by atoms with Crippen LogP contribution in [0.5, 0.6) is 0 Å². The summed E-state index contributed by atoms with van der Waals surface area (Å²) in [5.41, 5.74) is 2.52. The summed E-state index contributed by atoms with van der Waals surface area (Å²) < 4.78 is 4.07. The third kappa shape index (κ3) is 3.19. The van der Waals surface area contributed by atoms with Crippen molar-refractivity contribution in [3.05, 3.63) is 67.0 Å². The lowest BCUT2D eigenvalue weighted by molar-refractivity contribution is 0.219. The fourth-order valence-electron chi connectivity index (χ4n) is 3.35. The van der Waals surface area contributed by atoms with Gasteiger partial charge in [-0.05, 0) is 43.1 Å². The molecule has 23 heavy (non-hydrogen) atoms. The first-order chi connectivity index (χ1) is 11.4. The molecule has 0 amide bonds. The van der Waals surface area contributed by atoms with E-state index < -0.39 is 0 Å². The molecule has 4 rings (SSSR count). The van der Waals surface area contributed by atoms with Gasteiger partial charge in [0.05, 0.1) is 12.9 Å². The molecule has 1 aliphatic rings. The van der Waals surface area contributed by atoms with Gasteiger partial charge in [-0.15, -0.1) is 0 Å². The van der Waals surface area contributed by atoms with Gasteiger partial charge in [0.15, 0.2) is 0 Å². The summed E-state index contributed by atoms with van der Waals surface area (Å²) in [4.78, 5) is 6.67. The number of likely N-dealkylation sites (tertiary alicyclic amines) is 1. The van der Waals surface area contributed by atoms with Crippen molar-refractivity contribution in [2.75, 3.05) is 6.54 Å². The van der Waals surface area contributed by atoms with Gasteiger partial charge >= 0.3 is 0 Å². The van der Waals surface area contributed by atoms with Crippen LogP contribution >= 0.6 is 0 Å². The van der Waals surface area contributed by atoms with Crippen molar-refractivity contribution < 1.29 is 0 Å². The quantitative estimate of drug-likeness (QED) is 0.727. The molecule has 0 radical (unpaired) electrons. The first kappa shape index (κ1) is 14.2. The second-order valence-corrected chi connectivity index (χ2v) is 6.13. The molecule has 5 nitrogen and oxygen atoms in total. The molecule has 0 bridgehead atoms. The van der Waals surface area contributed by atoms with Crippen molar-refractivity contribution >= 4 is 0 Å². The lowest BCUT2D eigenvalue weighted by atomic mass is 10.1. The van der Waals surface area contributed by atoms with E-state index in [2.05, 4.69) is 45.4 Å². The van der Waals surface area contributed by atoms with Crippen LogP contribution in [0, 0.1) is 0 Å². The first-order valence-corrected chi connectivity index (χ1v) is 8.17. The van der Waals surface area contributed by atoms with Crippen LogP contribution in [0.1, 0.15) is 18.4 Å². The molecule has 5 heteroatoms. The number of hydrogen-bond donors (Lipinski definition) is 0. The molecule has 0 spiro atoms. The molecule has 0 N–H and O–H groups in total. The zero-order valence-corrected chi connectivity index (χ0v) is 13.1. The van der Waals surface area contributed by atoms with E-state index in [9.17, 15) is 0 Å². The Bertz CT molecular complexity index is 715. The first-order valence-electron chi connectivity index (χ1n) is 8.17. The Hall–Kier alpha value is -2.40. The molecule has 1 fully saturated rings. The maximum absolute atomic E-state index is 4.34. The molecule has 0 saturated carbocycles.